The predicted octanol–water partition coefficient (Wildman–Crippen LogP) is 1.73. The number of carbonyl (C=O) groups is 4. The fourth-order valence-electron chi connectivity index (χ4n) is 3.78. The molecule has 2 heterocycles. The second kappa shape index (κ2) is 12.7. The summed E-state index contributed by atoms with van der Waals surface area (Å²) in [5.41, 5.74) is 1.41. The molecule has 0 fully saturated rings. The maximum Gasteiger partial charge on any atom is 0.408 e. The molecule has 188 valence electrons. The molecule has 3 amide bonds. The van der Waals surface area contributed by atoms with Crippen molar-refractivity contribution in [3.63, 3.8) is 0 Å². The SMILES string of the molecule is CC(C)CC(NC(=O)OCc1ccccc1)C(=O)NC1Cc2ccn(n2)CCCCNC(=O)C1=O. The van der Waals surface area contributed by atoms with E-state index in [0.717, 1.165) is 12.0 Å². The summed E-state index contributed by atoms with van der Waals surface area (Å²) in [6.07, 6.45) is 3.00. The van der Waals surface area contributed by atoms with E-state index in [9.17, 15) is 19.2 Å². The van der Waals surface area contributed by atoms with Crippen molar-refractivity contribution in [2.75, 3.05) is 6.54 Å². The molecule has 1 aliphatic rings. The van der Waals surface area contributed by atoms with Crippen LogP contribution in [0.3, 0.4) is 0 Å². The molecule has 0 radical (unpaired) electrons. The second-order valence-corrected chi connectivity index (χ2v) is 9.05. The average molecular weight is 484 g/mol. The average Bonchev–Trinajstić information content (AvgIpc) is 3.28. The van der Waals surface area contributed by atoms with E-state index in [4.69, 9.17) is 4.74 Å². The van der Waals surface area contributed by atoms with E-state index < -0.39 is 35.8 Å². The molecule has 2 unspecified atom stereocenters. The first-order valence-corrected chi connectivity index (χ1v) is 11.9. The van der Waals surface area contributed by atoms with Crippen molar-refractivity contribution in [2.24, 2.45) is 5.92 Å². The lowest BCUT2D eigenvalue weighted by Gasteiger charge is -2.23. The lowest BCUT2D eigenvalue weighted by atomic mass is 10.0. The van der Waals surface area contributed by atoms with Gasteiger partial charge in [0.15, 0.2) is 0 Å². The van der Waals surface area contributed by atoms with Crippen LogP contribution in [0.4, 0.5) is 4.79 Å². The molecule has 35 heavy (non-hydrogen) atoms. The number of Topliss-reactive ketones (excluding diaryl/α,β-unsaturated/α-hetero) is 1. The van der Waals surface area contributed by atoms with Gasteiger partial charge in [-0.3, -0.25) is 19.1 Å². The maximum atomic E-state index is 13.2. The van der Waals surface area contributed by atoms with Gasteiger partial charge in [-0.15, -0.1) is 0 Å². The number of nitrogens with zero attached hydrogens (tertiary/aromatic N) is 2. The Morgan fingerprint density at radius 2 is 1.94 bits per heavy atom. The van der Waals surface area contributed by atoms with E-state index in [2.05, 4.69) is 21.0 Å². The van der Waals surface area contributed by atoms with E-state index in [-0.39, 0.29) is 18.9 Å². The number of carbonyl (C=O) groups excluding carboxylic acids is 4. The zero-order valence-corrected chi connectivity index (χ0v) is 20.2. The molecule has 1 aliphatic heterocycles. The Hall–Kier alpha value is -3.69. The molecule has 0 saturated carbocycles. The van der Waals surface area contributed by atoms with Crippen molar-refractivity contribution in [2.45, 2.75) is 64.8 Å². The number of ether oxygens (including phenoxy) is 1. The van der Waals surface area contributed by atoms with Gasteiger partial charge in [0, 0.05) is 25.7 Å². The summed E-state index contributed by atoms with van der Waals surface area (Å²) < 4.78 is 7.04. The van der Waals surface area contributed by atoms with Gasteiger partial charge in [-0.1, -0.05) is 44.2 Å². The van der Waals surface area contributed by atoms with Crippen LogP contribution < -0.4 is 16.0 Å². The second-order valence-electron chi connectivity index (χ2n) is 9.05. The molecule has 0 saturated heterocycles. The smallest absolute Gasteiger partial charge is 0.408 e. The molecule has 10 nitrogen and oxygen atoms in total. The molecule has 1 aromatic heterocycles. The number of amides is 3. The lowest BCUT2D eigenvalue weighted by molar-refractivity contribution is -0.140. The van der Waals surface area contributed by atoms with Crippen LogP contribution in [0.15, 0.2) is 42.6 Å². The van der Waals surface area contributed by atoms with E-state index in [0.29, 0.717) is 31.6 Å². The molecule has 3 N–H and O–H groups in total. The molecular formula is C25H33N5O5. The van der Waals surface area contributed by atoms with Crippen LogP contribution in [0, 0.1) is 5.92 Å². The van der Waals surface area contributed by atoms with Crippen molar-refractivity contribution >= 4 is 23.7 Å². The maximum absolute atomic E-state index is 13.2. The molecule has 2 bridgehead atoms. The van der Waals surface area contributed by atoms with Gasteiger partial charge in [-0.2, -0.15) is 5.10 Å². The molecule has 10 heteroatoms. The highest BCUT2D eigenvalue weighted by molar-refractivity contribution is 6.38. The fourth-order valence-corrected chi connectivity index (χ4v) is 3.78. The number of hydrogen-bond acceptors (Lipinski definition) is 6. The van der Waals surface area contributed by atoms with Crippen molar-refractivity contribution in [1.29, 1.82) is 0 Å². The van der Waals surface area contributed by atoms with Crippen molar-refractivity contribution in [3.8, 4) is 0 Å². The van der Waals surface area contributed by atoms with Gasteiger partial charge in [0.1, 0.15) is 18.7 Å². The predicted molar refractivity (Wildman–Crippen MR) is 128 cm³/mol. The molecule has 1 aromatic carbocycles. The van der Waals surface area contributed by atoms with Gasteiger partial charge in [0.05, 0.1) is 5.69 Å². The van der Waals surface area contributed by atoms with Gasteiger partial charge in [0.2, 0.25) is 11.7 Å². The summed E-state index contributed by atoms with van der Waals surface area (Å²) >= 11 is 0. The zero-order chi connectivity index (χ0) is 25.2. The quantitative estimate of drug-likeness (QED) is 0.514. The van der Waals surface area contributed by atoms with E-state index >= 15 is 0 Å². The highest BCUT2D eigenvalue weighted by Crippen LogP contribution is 2.09. The number of nitrogens with one attached hydrogen (secondary N) is 3. The third kappa shape index (κ3) is 8.24. The minimum absolute atomic E-state index is 0.0621. The molecule has 2 aromatic rings. The van der Waals surface area contributed by atoms with Crippen LogP contribution in [0.2, 0.25) is 0 Å². The summed E-state index contributed by atoms with van der Waals surface area (Å²) in [5, 5.41) is 12.3. The van der Waals surface area contributed by atoms with Gasteiger partial charge in [-0.05, 0) is 36.8 Å². The monoisotopic (exact) mass is 483 g/mol. The molecular weight excluding hydrogens is 450 g/mol. The fraction of sp³-hybridized carbons (Fsp3) is 0.480. The first-order chi connectivity index (χ1) is 16.8. The van der Waals surface area contributed by atoms with Gasteiger partial charge in [0.25, 0.3) is 5.91 Å². The van der Waals surface area contributed by atoms with Crippen LogP contribution in [0.1, 0.15) is 44.4 Å². The Bertz CT molecular complexity index is 1020. The summed E-state index contributed by atoms with van der Waals surface area (Å²) in [5.74, 6) is -1.98. The summed E-state index contributed by atoms with van der Waals surface area (Å²) in [6, 6.07) is 8.92. The van der Waals surface area contributed by atoms with Crippen molar-refractivity contribution in [1.82, 2.24) is 25.7 Å². The minimum Gasteiger partial charge on any atom is -0.445 e. The van der Waals surface area contributed by atoms with Gasteiger partial charge in [-0.25, -0.2) is 4.79 Å². The Kier molecular flexibility index (Phi) is 9.39. The molecule has 3 rings (SSSR count). The number of rotatable bonds is 7. The number of hydrogen-bond donors (Lipinski definition) is 3. The van der Waals surface area contributed by atoms with Crippen LogP contribution in [0.25, 0.3) is 0 Å². The lowest BCUT2D eigenvalue weighted by Crippen LogP contribution is -2.55. The normalized spacial score (nSPS) is 17.5. The number of aryl methyl sites for hydroxylation is 1. The van der Waals surface area contributed by atoms with Crippen LogP contribution in [0.5, 0.6) is 0 Å². The summed E-state index contributed by atoms with van der Waals surface area (Å²) in [7, 11) is 0. The first kappa shape index (κ1) is 25.9. The van der Waals surface area contributed by atoms with E-state index in [1.165, 1.54) is 0 Å². The summed E-state index contributed by atoms with van der Waals surface area (Å²) in [6.45, 7) is 4.96. The Labute approximate surface area is 204 Å². The Morgan fingerprint density at radius 1 is 1.17 bits per heavy atom. The Balaban J connectivity index is 1.69. The van der Waals surface area contributed by atoms with Crippen molar-refractivity contribution < 1.29 is 23.9 Å². The van der Waals surface area contributed by atoms with E-state index in [1.54, 1.807) is 10.7 Å². The number of benzene rings is 1. The molecule has 0 spiro atoms. The van der Waals surface area contributed by atoms with Crippen LogP contribution in [-0.4, -0.2) is 52.1 Å². The standard InChI is InChI=1S/C25H33N5O5/c1-17(2)14-21(28-25(34)35-16-18-8-4-3-5-9-18)23(32)27-20-15-19-10-13-30(29-19)12-7-6-11-26-24(33)22(20)31/h3-5,8-10,13,17,20-21H,6-7,11-12,14-16H2,1-2H3,(H,26,33)(H,27,32)(H,28,34). The third-order valence-electron chi connectivity index (χ3n) is 5.59. The number of fused-ring (bicyclic) bond motifs is 2. The van der Waals surface area contributed by atoms with E-state index in [1.807, 2.05) is 50.4 Å². The van der Waals surface area contributed by atoms with Crippen molar-refractivity contribution in [3.05, 3.63) is 53.9 Å². The zero-order valence-electron chi connectivity index (χ0n) is 20.2. The third-order valence-corrected chi connectivity index (χ3v) is 5.59. The molecule has 2 atom stereocenters. The number of alkyl carbamates (subject to hydrolysis) is 1. The topological polar surface area (TPSA) is 131 Å². The minimum atomic E-state index is -1.11. The van der Waals surface area contributed by atoms with Gasteiger partial charge >= 0.3 is 6.09 Å². The van der Waals surface area contributed by atoms with Crippen LogP contribution >= 0.6 is 0 Å². The Morgan fingerprint density at radius 3 is 2.69 bits per heavy atom. The largest absolute Gasteiger partial charge is 0.445 e. The first-order valence-electron chi connectivity index (χ1n) is 11.9. The van der Waals surface area contributed by atoms with Gasteiger partial charge < -0.3 is 20.7 Å². The highest BCUT2D eigenvalue weighted by Gasteiger charge is 2.31. The molecule has 0 aliphatic carbocycles. The highest BCUT2D eigenvalue weighted by atomic mass is 16.5. The number of ketones is 1. The van der Waals surface area contributed by atoms with Crippen LogP contribution in [-0.2, 0) is 38.7 Å². The number of aromatic nitrogens is 2. The summed E-state index contributed by atoms with van der Waals surface area (Å²) in [4.78, 5) is 50.8.